The summed E-state index contributed by atoms with van der Waals surface area (Å²) in [7, 11) is 0. The molecule has 2 aromatic rings. The molecular weight excluding hydrogens is 548 g/mol. The first-order valence-corrected chi connectivity index (χ1v) is 15.1. The Bertz CT molecular complexity index is 1370. The monoisotopic (exact) mass is 598 g/mol. The summed E-state index contributed by atoms with van der Waals surface area (Å²) in [6.45, 7) is 24.0. The first-order chi connectivity index (χ1) is 20.7. The summed E-state index contributed by atoms with van der Waals surface area (Å²) in [4.78, 5) is 24.8. The van der Waals surface area contributed by atoms with E-state index in [2.05, 4.69) is 30.4 Å². The Morgan fingerprint density at radius 3 is 1.66 bits per heavy atom. The van der Waals surface area contributed by atoms with Crippen molar-refractivity contribution in [1.29, 1.82) is 0 Å². The van der Waals surface area contributed by atoms with Crippen LogP contribution in [-0.2, 0) is 20.6 Å². The van der Waals surface area contributed by atoms with Gasteiger partial charge in [-0.2, -0.15) is 0 Å². The summed E-state index contributed by atoms with van der Waals surface area (Å²) in [5.41, 5.74) is 4.82. The van der Waals surface area contributed by atoms with Gasteiger partial charge in [-0.25, -0.2) is 9.59 Å². The van der Waals surface area contributed by atoms with Gasteiger partial charge in [0.15, 0.2) is 0 Å². The Balaban J connectivity index is 1.67. The van der Waals surface area contributed by atoms with Crippen molar-refractivity contribution < 1.29 is 19.1 Å². The molecule has 6 nitrogen and oxygen atoms in total. The van der Waals surface area contributed by atoms with Crippen LogP contribution < -0.4 is 10.6 Å². The molecule has 2 aromatic carbocycles. The molecule has 0 aliphatic carbocycles. The molecule has 2 rings (SSSR count). The highest BCUT2D eigenvalue weighted by Crippen LogP contribution is 2.25. The second-order valence-corrected chi connectivity index (χ2v) is 12.2. The number of carbonyl (C=O) groups is 2. The molecule has 0 heterocycles. The Morgan fingerprint density at radius 2 is 1.23 bits per heavy atom. The van der Waals surface area contributed by atoms with E-state index in [1.807, 2.05) is 120 Å². The predicted octanol–water partition coefficient (Wildman–Crippen LogP) is 9.46. The second-order valence-electron chi connectivity index (χ2n) is 12.2. The molecule has 0 aliphatic heterocycles. The third kappa shape index (κ3) is 12.1. The van der Waals surface area contributed by atoms with Gasteiger partial charge in [0, 0.05) is 0 Å². The first kappa shape index (κ1) is 35.9. The standard InChI is InChI=1S/C38H50N2O4/c1-10-30(19-13-15-25-44-36(42)40-38(8,9)34-23-17-21-32(27-34)29(4)5)18-12-11-14-24-43-35(41)39-37(6,7)33-22-16-20-31(26-33)28(2)3/h10-11,13-17,20-23,26-27,30H,1-2,4,12,18-19,24-25H2,3,5-9H3,(H,39,41)(H,40,42)/b14-11+,15-13+. The fourth-order valence-corrected chi connectivity index (χ4v) is 4.49. The van der Waals surface area contributed by atoms with E-state index in [1.54, 1.807) is 0 Å². The van der Waals surface area contributed by atoms with Crippen molar-refractivity contribution in [3.05, 3.63) is 121 Å². The molecule has 1 atom stereocenters. The Labute approximate surface area is 264 Å². The third-order valence-electron chi connectivity index (χ3n) is 7.41. The van der Waals surface area contributed by atoms with Crippen LogP contribution in [0.4, 0.5) is 9.59 Å². The lowest BCUT2D eigenvalue weighted by atomic mass is 9.92. The number of benzene rings is 2. The summed E-state index contributed by atoms with van der Waals surface area (Å²) in [6.07, 6.45) is 11.2. The van der Waals surface area contributed by atoms with E-state index in [4.69, 9.17) is 9.47 Å². The Morgan fingerprint density at radius 1 is 0.773 bits per heavy atom. The van der Waals surface area contributed by atoms with Gasteiger partial charge in [0.1, 0.15) is 13.2 Å². The van der Waals surface area contributed by atoms with Gasteiger partial charge in [0.25, 0.3) is 0 Å². The van der Waals surface area contributed by atoms with Gasteiger partial charge < -0.3 is 20.1 Å². The van der Waals surface area contributed by atoms with Crippen molar-refractivity contribution in [3.63, 3.8) is 0 Å². The lowest BCUT2D eigenvalue weighted by Crippen LogP contribution is -2.41. The van der Waals surface area contributed by atoms with E-state index in [9.17, 15) is 9.59 Å². The maximum Gasteiger partial charge on any atom is 0.408 e. The molecule has 0 fully saturated rings. The summed E-state index contributed by atoms with van der Waals surface area (Å²) in [5, 5.41) is 5.88. The largest absolute Gasteiger partial charge is 0.445 e. The van der Waals surface area contributed by atoms with Crippen LogP contribution in [0.25, 0.3) is 11.1 Å². The van der Waals surface area contributed by atoms with E-state index < -0.39 is 23.3 Å². The molecule has 0 aliphatic rings. The van der Waals surface area contributed by atoms with Crippen LogP contribution in [0.1, 0.15) is 83.1 Å². The minimum Gasteiger partial charge on any atom is -0.445 e. The van der Waals surface area contributed by atoms with Gasteiger partial charge in [-0.05, 0) is 101 Å². The molecule has 0 spiro atoms. The average Bonchev–Trinajstić information content (AvgIpc) is 2.97. The number of allylic oxidation sites excluding steroid dienone is 5. The zero-order chi connectivity index (χ0) is 32.8. The zero-order valence-corrected chi connectivity index (χ0v) is 27.4. The SMILES string of the molecule is C=CC(C/C=C/COC(=O)NC(C)(C)c1cccc(C(=C)C)c1)CC/C=C/COC(=O)NC(C)(C)c1cccc(C(=C)C)c1. The lowest BCUT2D eigenvalue weighted by molar-refractivity contribution is 0.146. The highest BCUT2D eigenvalue weighted by atomic mass is 16.6. The van der Waals surface area contributed by atoms with Crippen molar-refractivity contribution in [1.82, 2.24) is 10.6 Å². The highest BCUT2D eigenvalue weighted by Gasteiger charge is 2.25. The lowest BCUT2D eigenvalue weighted by Gasteiger charge is -2.27. The first-order valence-electron chi connectivity index (χ1n) is 15.1. The van der Waals surface area contributed by atoms with Crippen molar-refractivity contribution in [2.45, 2.75) is 71.9 Å². The van der Waals surface area contributed by atoms with Crippen LogP contribution in [0.3, 0.4) is 0 Å². The molecule has 0 bridgehead atoms. The average molecular weight is 599 g/mol. The molecule has 2 amide bonds. The molecule has 0 aromatic heterocycles. The van der Waals surface area contributed by atoms with Gasteiger partial charge in [0.05, 0.1) is 11.1 Å². The summed E-state index contributed by atoms with van der Waals surface area (Å²) >= 11 is 0. The molecule has 6 heteroatoms. The van der Waals surface area contributed by atoms with Crippen LogP contribution in [0.5, 0.6) is 0 Å². The highest BCUT2D eigenvalue weighted by molar-refractivity contribution is 5.70. The van der Waals surface area contributed by atoms with Gasteiger partial charge in [-0.3, -0.25) is 0 Å². The molecule has 2 N–H and O–H groups in total. The van der Waals surface area contributed by atoms with E-state index in [0.29, 0.717) is 0 Å². The van der Waals surface area contributed by atoms with Crippen LogP contribution in [0.2, 0.25) is 0 Å². The number of rotatable bonds is 16. The van der Waals surface area contributed by atoms with E-state index in [-0.39, 0.29) is 19.1 Å². The van der Waals surface area contributed by atoms with Crippen molar-refractivity contribution in [3.8, 4) is 0 Å². The smallest absolute Gasteiger partial charge is 0.408 e. The van der Waals surface area contributed by atoms with Gasteiger partial charge in [-0.15, -0.1) is 6.58 Å². The predicted molar refractivity (Wildman–Crippen MR) is 183 cm³/mol. The fraction of sp³-hybridized carbons (Fsp3) is 0.368. The van der Waals surface area contributed by atoms with Crippen LogP contribution in [0, 0.1) is 5.92 Å². The van der Waals surface area contributed by atoms with Crippen molar-refractivity contribution >= 4 is 23.3 Å². The van der Waals surface area contributed by atoms with E-state index in [0.717, 1.165) is 52.7 Å². The number of nitrogens with one attached hydrogen (secondary N) is 2. The molecule has 0 saturated carbocycles. The maximum atomic E-state index is 12.4. The maximum absolute atomic E-state index is 12.4. The minimum atomic E-state index is -0.587. The molecule has 44 heavy (non-hydrogen) atoms. The minimum absolute atomic E-state index is 0.188. The molecule has 1 unspecified atom stereocenters. The summed E-state index contributed by atoms with van der Waals surface area (Å²) in [5.74, 6) is 0.282. The Hall–Kier alpha value is -4.32. The Kier molecular flexibility index (Phi) is 13.9. The molecule has 0 radical (unpaired) electrons. The molecular formula is C38H50N2O4. The number of ether oxygens (including phenoxy) is 2. The normalized spacial score (nSPS) is 12.5. The van der Waals surface area contributed by atoms with Crippen LogP contribution >= 0.6 is 0 Å². The zero-order valence-electron chi connectivity index (χ0n) is 27.4. The van der Waals surface area contributed by atoms with Crippen molar-refractivity contribution in [2.75, 3.05) is 13.2 Å². The number of hydrogen-bond acceptors (Lipinski definition) is 4. The number of alkyl carbamates (subject to hydrolysis) is 2. The second kappa shape index (κ2) is 17.1. The number of hydrogen-bond donors (Lipinski definition) is 2. The van der Waals surface area contributed by atoms with Gasteiger partial charge in [0.2, 0.25) is 0 Å². The van der Waals surface area contributed by atoms with Gasteiger partial charge >= 0.3 is 12.2 Å². The number of amides is 2. The quantitative estimate of drug-likeness (QED) is 0.189. The van der Waals surface area contributed by atoms with E-state index >= 15 is 0 Å². The number of carbonyl (C=O) groups excluding carboxylic acids is 2. The van der Waals surface area contributed by atoms with Crippen LogP contribution in [-0.4, -0.2) is 25.4 Å². The third-order valence-corrected chi connectivity index (χ3v) is 7.41. The van der Waals surface area contributed by atoms with Gasteiger partial charge in [-0.1, -0.05) is 91.1 Å². The molecule has 0 saturated heterocycles. The fourth-order valence-electron chi connectivity index (χ4n) is 4.49. The summed E-state index contributed by atoms with van der Waals surface area (Å²) < 4.78 is 10.7. The molecule has 236 valence electrons. The van der Waals surface area contributed by atoms with Crippen LogP contribution in [0.15, 0.2) is 98.6 Å². The van der Waals surface area contributed by atoms with E-state index in [1.165, 1.54) is 0 Å². The topological polar surface area (TPSA) is 76.7 Å². The summed E-state index contributed by atoms with van der Waals surface area (Å²) in [6, 6.07) is 16.0. The van der Waals surface area contributed by atoms with Crippen molar-refractivity contribution in [2.24, 2.45) is 5.92 Å².